The summed E-state index contributed by atoms with van der Waals surface area (Å²) in [6.07, 6.45) is 3.58. The molecule has 9 nitrogen and oxygen atoms in total. The summed E-state index contributed by atoms with van der Waals surface area (Å²) in [4.78, 5) is 49.0. The third-order valence-electron chi connectivity index (χ3n) is 7.56. The second kappa shape index (κ2) is 10.3. The predicted molar refractivity (Wildman–Crippen MR) is 133 cm³/mol. The van der Waals surface area contributed by atoms with Crippen LogP contribution in [0.25, 0.3) is 11.2 Å². The van der Waals surface area contributed by atoms with Crippen LogP contribution in [0.4, 0.5) is 13.6 Å². The Morgan fingerprint density at radius 2 is 1.89 bits per heavy atom. The molecule has 2 N–H and O–H groups in total. The molecule has 5 rings (SSSR count). The van der Waals surface area contributed by atoms with Crippen LogP contribution in [-0.2, 0) is 4.79 Å². The lowest BCUT2D eigenvalue weighted by molar-refractivity contribution is -0.132. The molecule has 2 atom stereocenters. The topological polar surface area (TPSA) is 103 Å². The largest absolute Gasteiger partial charge is 0.341 e. The van der Waals surface area contributed by atoms with Gasteiger partial charge in [0.25, 0.3) is 0 Å². The summed E-state index contributed by atoms with van der Waals surface area (Å²) in [5.74, 6) is -2.37. The monoisotopic (exact) mass is 512 g/mol. The number of amides is 3. The molecular formula is C26H30F2N6O3. The number of rotatable bonds is 4. The first-order valence-electron chi connectivity index (χ1n) is 12.7. The van der Waals surface area contributed by atoms with E-state index in [4.69, 9.17) is 0 Å². The summed E-state index contributed by atoms with van der Waals surface area (Å²) in [5.41, 5.74) is 1.31. The first kappa shape index (κ1) is 24.9. The molecule has 2 aliphatic rings. The Morgan fingerprint density at radius 1 is 1.11 bits per heavy atom. The molecule has 0 saturated carbocycles. The lowest BCUT2D eigenvalue weighted by Crippen LogP contribution is -2.53. The number of carbonyl (C=O) groups excluding carboxylic acids is 2. The highest BCUT2D eigenvalue weighted by atomic mass is 19.2. The number of urea groups is 1. The number of halogens is 2. The van der Waals surface area contributed by atoms with E-state index in [0.29, 0.717) is 51.0 Å². The molecule has 0 aliphatic carbocycles. The van der Waals surface area contributed by atoms with Crippen molar-refractivity contribution in [3.63, 3.8) is 0 Å². The van der Waals surface area contributed by atoms with E-state index in [1.54, 1.807) is 32.7 Å². The van der Waals surface area contributed by atoms with Crippen LogP contribution >= 0.6 is 0 Å². The number of piperidine rings is 1. The van der Waals surface area contributed by atoms with Crippen LogP contribution in [0.1, 0.15) is 50.1 Å². The van der Waals surface area contributed by atoms with Gasteiger partial charge in [-0.05, 0) is 56.4 Å². The van der Waals surface area contributed by atoms with Gasteiger partial charge in [-0.25, -0.2) is 23.4 Å². The fraction of sp³-hybridized carbons (Fsp3) is 0.462. The molecule has 0 bridgehead atoms. The number of hydrogen-bond donors (Lipinski definition) is 2. The van der Waals surface area contributed by atoms with E-state index in [2.05, 4.69) is 15.3 Å². The van der Waals surface area contributed by atoms with Gasteiger partial charge in [0.15, 0.2) is 17.3 Å². The lowest BCUT2D eigenvalue weighted by atomic mass is 9.93. The summed E-state index contributed by atoms with van der Waals surface area (Å²) in [5, 5.41) is 2.87. The molecule has 2 aliphatic heterocycles. The Hall–Kier alpha value is -3.76. The van der Waals surface area contributed by atoms with Crippen molar-refractivity contribution >= 4 is 23.1 Å². The molecule has 3 amide bonds. The molecule has 0 spiro atoms. The van der Waals surface area contributed by atoms with Crippen LogP contribution in [0.2, 0.25) is 0 Å². The number of nitrogens with zero attached hydrogens (tertiary/aromatic N) is 4. The number of imidazole rings is 1. The summed E-state index contributed by atoms with van der Waals surface area (Å²) >= 11 is 0. The molecule has 4 heterocycles. The summed E-state index contributed by atoms with van der Waals surface area (Å²) in [6, 6.07) is 6.60. The van der Waals surface area contributed by atoms with Crippen molar-refractivity contribution < 1.29 is 18.4 Å². The second-order valence-corrected chi connectivity index (χ2v) is 9.69. The normalized spacial score (nSPS) is 21.3. The molecule has 11 heteroatoms. The highest BCUT2D eigenvalue weighted by Gasteiger charge is 2.35. The number of fused-ring (bicyclic) bond motifs is 1. The SMILES string of the molecule is CCN1C[C@H](c2cccc(F)c2F)CCC(NC(=O)N2CCC(n3c(=O)[nH]c4ncccc43)CC2)C1=O. The van der Waals surface area contributed by atoms with Gasteiger partial charge in [0.1, 0.15) is 6.04 Å². The first-order chi connectivity index (χ1) is 17.9. The van der Waals surface area contributed by atoms with Crippen LogP contribution in [0, 0.1) is 11.6 Å². The average molecular weight is 513 g/mol. The van der Waals surface area contributed by atoms with Crippen molar-refractivity contribution in [1.29, 1.82) is 0 Å². The Balaban J connectivity index is 1.24. The molecule has 1 aromatic carbocycles. The van der Waals surface area contributed by atoms with Crippen molar-refractivity contribution in [2.75, 3.05) is 26.2 Å². The molecule has 3 aromatic rings. The van der Waals surface area contributed by atoms with Gasteiger partial charge < -0.3 is 15.1 Å². The Morgan fingerprint density at radius 3 is 2.65 bits per heavy atom. The molecule has 2 fully saturated rings. The minimum absolute atomic E-state index is 0.0634. The highest BCUT2D eigenvalue weighted by Crippen LogP contribution is 2.30. The van der Waals surface area contributed by atoms with E-state index in [9.17, 15) is 23.2 Å². The molecule has 1 unspecified atom stereocenters. The fourth-order valence-electron chi connectivity index (χ4n) is 5.56. The lowest BCUT2D eigenvalue weighted by Gasteiger charge is -2.33. The number of pyridine rings is 1. The number of hydrogen-bond acceptors (Lipinski definition) is 4. The zero-order valence-corrected chi connectivity index (χ0v) is 20.6. The summed E-state index contributed by atoms with van der Waals surface area (Å²) < 4.78 is 30.0. The number of carbonyl (C=O) groups is 2. The number of aromatic amines is 1. The number of likely N-dealkylation sites (tertiary alicyclic amines) is 2. The molecule has 37 heavy (non-hydrogen) atoms. The third-order valence-corrected chi connectivity index (χ3v) is 7.56. The Labute approximate surface area is 212 Å². The van der Waals surface area contributed by atoms with Crippen LogP contribution in [0.3, 0.4) is 0 Å². The van der Waals surface area contributed by atoms with Crippen LogP contribution in [0.5, 0.6) is 0 Å². The molecule has 2 saturated heterocycles. The molecular weight excluding hydrogens is 482 g/mol. The Bertz CT molecular complexity index is 1360. The summed E-state index contributed by atoms with van der Waals surface area (Å²) in [7, 11) is 0. The molecule has 2 aromatic heterocycles. The van der Waals surface area contributed by atoms with Crippen molar-refractivity contribution in [2.24, 2.45) is 0 Å². The van der Waals surface area contributed by atoms with Crippen molar-refractivity contribution in [3.05, 3.63) is 64.2 Å². The van der Waals surface area contributed by atoms with Gasteiger partial charge in [-0.1, -0.05) is 12.1 Å². The maximum Gasteiger partial charge on any atom is 0.327 e. The van der Waals surface area contributed by atoms with Crippen molar-refractivity contribution in [3.8, 4) is 0 Å². The molecule has 0 radical (unpaired) electrons. The van der Waals surface area contributed by atoms with E-state index >= 15 is 0 Å². The predicted octanol–water partition coefficient (Wildman–Crippen LogP) is 3.14. The highest BCUT2D eigenvalue weighted by molar-refractivity contribution is 5.87. The van der Waals surface area contributed by atoms with Gasteiger partial charge >= 0.3 is 11.7 Å². The van der Waals surface area contributed by atoms with E-state index < -0.39 is 17.7 Å². The van der Waals surface area contributed by atoms with Crippen LogP contribution < -0.4 is 11.0 Å². The van der Waals surface area contributed by atoms with E-state index in [1.807, 2.05) is 13.0 Å². The van der Waals surface area contributed by atoms with Gasteiger partial charge in [0, 0.05) is 44.3 Å². The zero-order chi connectivity index (χ0) is 26.1. The maximum absolute atomic E-state index is 14.5. The minimum Gasteiger partial charge on any atom is -0.341 e. The van der Waals surface area contributed by atoms with E-state index in [-0.39, 0.29) is 41.7 Å². The number of likely N-dealkylation sites (N-methyl/N-ethyl adjacent to an activating group) is 1. The average Bonchev–Trinajstić information content (AvgIpc) is 3.16. The van der Waals surface area contributed by atoms with Gasteiger partial charge in [0.2, 0.25) is 5.91 Å². The third kappa shape index (κ3) is 4.82. The first-order valence-corrected chi connectivity index (χ1v) is 12.7. The Kier molecular flexibility index (Phi) is 6.94. The van der Waals surface area contributed by atoms with Crippen molar-refractivity contribution in [1.82, 2.24) is 29.7 Å². The fourth-order valence-corrected chi connectivity index (χ4v) is 5.56. The van der Waals surface area contributed by atoms with Gasteiger partial charge in [0.05, 0.1) is 5.52 Å². The number of H-pyrrole nitrogens is 1. The van der Waals surface area contributed by atoms with Gasteiger partial charge in [-0.3, -0.25) is 14.3 Å². The van der Waals surface area contributed by atoms with Crippen molar-refractivity contribution in [2.45, 2.75) is 50.6 Å². The quantitative estimate of drug-likeness (QED) is 0.561. The standard InChI is InChI=1S/C26H30F2N6O3/c1-2-32-15-16(18-5-3-6-19(27)22(18)28)8-9-20(24(32)35)30-25(36)33-13-10-17(11-14-33)34-21-7-4-12-29-23(21)31-26(34)37/h3-7,12,16-17,20H,2,8-11,13-15H2,1H3,(H,30,36)(H,29,31,37)/t16-,20?/m1/s1. The molecule has 196 valence electrons. The minimum atomic E-state index is -0.907. The second-order valence-electron chi connectivity index (χ2n) is 9.69. The van der Waals surface area contributed by atoms with E-state index in [1.165, 1.54) is 6.07 Å². The van der Waals surface area contributed by atoms with E-state index in [0.717, 1.165) is 11.6 Å². The van der Waals surface area contributed by atoms with Gasteiger partial charge in [-0.15, -0.1) is 0 Å². The number of aromatic nitrogens is 3. The smallest absolute Gasteiger partial charge is 0.327 e. The maximum atomic E-state index is 14.5. The van der Waals surface area contributed by atoms with Crippen LogP contribution in [0.15, 0.2) is 41.3 Å². The summed E-state index contributed by atoms with van der Waals surface area (Å²) in [6.45, 7) is 3.37. The van der Waals surface area contributed by atoms with Gasteiger partial charge in [-0.2, -0.15) is 0 Å². The number of benzene rings is 1. The number of nitrogens with one attached hydrogen (secondary N) is 2. The van der Waals surface area contributed by atoms with Crippen LogP contribution in [-0.4, -0.2) is 68.5 Å². The zero-order valence-electron chi connectivity index (χ0n) is 20.6.